The molecule has 9 heteroatoms. The fourth-order valence-electron chi connectivity index (χ4n) is 1.63. The molecule has 0 saturated carbocycles. The second-order valence-corrected chi connectivity index (χ2v) is 4.05. The molecular formula is C11H9F3N4O2. The van der Waals surface area contributed by atoms with Gasteiger partial charge in [0.25, 0.3) is 5.69 Å². The van der Waals surface area contributed by atoms with Crippen molar-refractivity contribution in [2.24, 2.45) is 0 Å². The van der Waals surface area contributed by atoms with Crippen LogP contribution in [-0.4, -0.2) is 14.7 Å². The highest BCUT2D eigenvalue weighted by Gasteiger charge is 2.33. The summed E-state index contributed by atoms with van der Waals surface area (Å²) in [7, 11) is 0. The Balaban J connectivity index is 2.24. The van der Waals surface area contributed by atoms with Crippen molar-refractivity contribution in [1.82, 2.24) is 9.78 Å². The van der Waals surface area contributed by atoms with E-state index in [-0.39, 0.29) is 17.9 Å². The first-order valence-electron chi connectivity index (χ1n) is 5.41. The van der Waals surface area contributed by atoms with Crippen molar-refractivity contribution in [2.75, 3.05) is 5.73 Å². The van der Waals surface area contributed by atoms with Gasteiger partial charge in [0.05, 0.1) is 11.5 Å². The van der Waals surface area contributed by atoms with Crippen LogP contribution >= 0.6 is 0 Å². The Morgan fingerprint density at radius 2 is 2.05 bits per heavy atom. The third-order valence-corrected chi connectivity index (χ3v) is 2.57. The van der Waals surface area contributed by atoms with Gasteiger partial charge in [-0.2, -0.15) is 18.3 Å². The molecule has 1 heterocycles. The number of benzene rings is 1. The van der Waals surface area contributed by atoms with Gasteiger partial charge in [0.2, 0.25) is 0 Å². The number of nitrogens with zero attached hydrogens (tertiary/aromatic N) is 3. The van der Waals surface area contributed by atoms with E-state index in [4.69, 9.17) is 5.73 Å². The number of nitro benzene ring substituents is 1. The largest absolute Gasteiger partial charge is 0.435 e. The summed E-state index contributed by atoms with van der Waals surface area (Å²) in [6.07, 6.45) is -3.36. The molecule has 1 aromatic heterocycles. The van der Waals surface area contributed by atoms with Crippen molar-refractivity contribution < 1.29 is 18.1 Å². The number of rotatable bonds is 3. The number of nitro groups is 1. The maximum Gasteiger partial charge on any atom is 0.435 e. The molecule has 0 radical (unpaired) electrons. The van der Waals surface area contributed by atoms with Crippen molar-refractivity contribution >= 4 is 11.4 Å². The standard InChI is InChI=1S/C11H9F3N4O2/c12-11(13,14)10-3-4-17(16-10)6-7-1-2-8(15)9(5-7)18(19)20/h1-5H,6,15H2. The van der Waals surface area contributed by atoms with Crippen LogP contribution in [-0.2, 0) is 12.7 Å². The van der Waals surface area contributed by atoms with E-state index >= 15 is 0 Å². The van der Waals surface area contributed by atoms with Crippen LogP contribution in [0.4, 0.5) is 24.5 Å². The highest BCUT2D eigenvalue weighted by Crippen LogP contribution is 2.27. The van der Waals surface area contributed by atoms with Crippen molar-refractivity contribution in [2.45, 2.75) is 12.7 Å². The number of nitrogen functional groups attached to an aromatic ring is 1. The molecule has 0 unspecified atom stereocenters. The molecule has 0 aliphatic heterocycles. The summed E-state index contributed by atoms with van der Waals surface area (Å²) >= 11 is 0. The molecule has 20 heavy (non-hydrogen) atoms. The van der Waals surface area contributed by atoms with Crippen LogP contribution in [0, 0.1) is 10.1 Å². The maximum absolute atomic E-state index is 12.4. The van der Waals surface area contributed by atoms with E-state index in [1.807, 2.05) is 0 Å². The molecule has 0 fully saturated rings. The highest BCUT2D eigenvalue weighted by molar-refractivity contribution is 5.59. The Bertz CT molecular complexity index is 651. The molecular weight excluding hydrogens is 277 g/mol. The van der Waals surface area contributed by atoms with Gasteiger partial charge in [0.1, 0.15) is 5.69 Å². The van der Waals surface area contributed by atoms with Crippen LogP contribution < -0.4 is 5.73 Å². The van der Waals surface area contributed by atoms with Crippen LogP contribution in [0.25, 0.3) is 0 Å². The fraction of sp³-hybridized carbons (Fsp3) is 0.182. The Labute approximate surface area is 110 Å². The van der Waals surface area contributed by atoms with Gasteiger partial charge in [-0.05, 0) is 17.7 Å². The predicted molar refractivity (Wildman–Crippen MR) is 63.8 cm³/mol. The van der Waals surface area contributed by atoms with Crippen LogP contribution in [0.5, 0.6) is 0 Å². The van der Waals surface area contributed by atoms with Crippen LogP contribution in [0.3, 0.4) is 0 Å². The van der Waals surface area contributed by atoms with Gasteiger partial charge in [0.15, 0.2) is 5.69 Å². The Morgan fingerprint density at radius 3 is 2.60 bits per heavy atom. The second-order valence-electron chi connectivity index (χ2n) is 4.05. The number of halogens is 3. The lowest BCUT2D eigenvalue weighted by Crippen LogP contribution is -2.08. The second kappa shape index (κ2) is 4.83. The van der Waals surface area contributed by atoms with E-state index in [2.05, 4.69) is 5.10 Å². The van der Waals surface area contributed by atoms with E-state index in [0.29, 0.717) is 5.56 Å². The first-order valence-corrected chi connectivity index (χ1v) is 5.41. The smallest absolute Gasteiger partial charge is 0.393 e. The molecule has 0 bridgehead atoms. The van der Waals surface area contributed by atoms with E-state index in [9.17, 15) is 23.3 Å². The minimum absolute atomic E-state index is 0.00445. The lowest BCUT2D eigenvalue weighted by Gasteiger charge is -2.04. The van der Waals surface area contributed by atoms with Crippen molar-refractivity contribution in [3.8, 4) is 0 Å². The Hall–Kier alpha value is -2.58. The zero-order valence-electron chi connectivity index (χ0n) is 9.96. The van der Waals surface area contributed by atoms with Gasteiger partial charge in [-0.25, -0.2) is 0 Å². The summed E-state index contributed by atoms with van der Waals surface area (Å²) in [6.45, 7) is -0.0167. The number of hydrogen-bond acceptors (Lipinski definition) is 4. The third-order valence-electron chi connectivity index (χ3n) is 2.57. The van der Waals surface area contributed by atoms with Gasteiger partial charge in [-0.3, -0.25) is 14.8 Å². The fourth-order valence-corrected chi connectivity index (χ4v) is 1.63. The van der Waals surface area contributed by atoms with E-state index in [1.165, 1.54) is 18.2 Å². The molecule has 2 N–H and O–H groups in total. The third kappa shape index (κ3) is 2.87. The van der Waals surface area contributed by atoms with Crippen molar-refractivity contribution in [3.63, 3.8) is 0 Å². The van der Waals surface area contributed by atoms with Gasteiger partial charge < -0.3 is 5.73 Å². The first-order chi connectivity index (χ1) is 9.27. The summed E-state index contributed by atoms with van der Waals surface area (Å²) in [4.78, 5) is 10.1. The van der Waals surface area contributed by atoms with Crippen LogP contribution in [0.2, 0.25) is 0 Å². The average Bonchev–Trinajstić information content (AvgIpc) is 2.79. The van der Waals surface area contributed by atoms with E-state index < -0.39 is 16.8 Å². The summed E-state index contributed by atoms with van der Waals surface area (Å²) in [5.74, 6) is 0. The molecule has 0 aliphatic rings. The topological polar surface area (TPSA) is 87.0 Å². The van der Waals surface area contributed by atoms with Gasteiger partial charge in [-0.15, -0.1) is 0 Å². The molecule has 0 amide bonds. The Morgan fingerprint density at radius 1 is 1.35 bits per heavy atom. The number of anilines is 1. The van der Waals surface area contributed by atoms with E-state index in [1.54, 1.807) is 0 Å². The predicted octanol–water partition coefficient (Wildman–Crippen LogP) is 2.44. The Kier molecular flexibility index (Phi) is 3.35. The molecule has 2 aromatic rings. The number of nitrogens with two attached hydrogens (primary N) is 1. The lowest BCUT2D eigenvalue weighted by molar-refractivity contribution is -0.384. The van der Waals surface area contributed by atoms with Gasteiger partial charge in [-0.1, -0.05) is 6.07 Å². The SMILES string of the molecule is Nc1ccc(Cn2ccc(C(F)(F)F)n2)cc1[N+](=O)[O-]. The molecule has 1 aromatic carbocycles. The molecule has 0 spiro atoms. The number of alkyl halides is 3. The number of aromatic nitrogens is 2. The molecule has 0 aliphatic carbocycles. The van der Waals surface area contributed by atoms with E-state index in [0.717, 1.165) is 16.9 Å². The van der Waals surface area contributed by atoms with Crippen LogP contribution in [0.1, 0.15) is 11.3 Å². The zero-order valence-corrected chi connectivity index (χ0v) is 9.96. The zero-order chi connectivity index (χ0) is 14.9. The number of hydrogen-bond donors (Lipinski definition) is 1. The first kappa shape index (κ1) is 13.8. The summed E-state index contributed by atoms with van der Waals surface area (Å²) < 4.78 is 38.2. The normalized spacial score (nSPS) is 11.6. The summed E-state index contributed by atoms with van der Waals surface area (Å²) in [5, 5.41) is 14.1. The van der Waals surface area contributed by atoms with Crippen LogP contribution in [0.15, 0.2) is 30.5 Å². The quantitative estimate of drug-likeness (QED) is 0.533. The van der Waals surface area contributed by atoms with Gasteiger partial charge in [0, 0.05) is 12.3 Å². The van der Waals surface area contributed by atoms with Gasteiger partial charge >= 0.3 is 6.18 Å². The highest BCUT2D eigenvalue weighted by atomic mass is 19.4. The molecule has 0 saturated heterocycles. The molecule has 2 rings (SSSR count). The summed E-state index contributed by atoms with van der Waals surface area (Å²) in [5.41, 5.74) is 4.56. The maximum atomic E-state index is 12.4. The van der Waals surface area contributed by atoms with Crippen molar-refractivity contribution in [3.05, 3.63) is 51.8 Å². The molecule has 0 atom stereocenters. The molecule has 106 valence electrons. The molecule has 6 nitrogen and oxygen atoms in total. The average molecular weight is 286 g/mol. The monoisotopic (exact) mass is 286 g/mol. The lowest BCUT2D eigenvalue weighted by atomic mass is 10.2. The van der Waals surface area contributed by atoms with Crippen molar-refractivity contribution in [1.29, 1.82) is 0 Å². The minimum Gasteiger partial charge on any atom is -0.393 e. The summed E-state index contributed by atoms with van der Waals surface area (Å²) in [6, 6.07) is 4.88. The minimum atomic E-state index is -4.52.